The maximum Gasteiger partial charge on any atom is 0.336 e. The van der Waals surface area contributed by atoms with E-state index in [0.29, 0.717) is 45.5 Å². The van der Waals surface area contributed by atoms with E-state index in [1.54, 1.807) is 18.2 Å². The van der Waals surface area contributed by atoms with Crippen LogP contribution in [0.25, 0.3) is 0 Å². The molecule has 1 atom stereocenters. The lowest BCUT2D eigenvalue weighted by molar-refractivity contribution is -0.139. The van der Waals surface area contributed by atoms with E-state index in [0.717, 1.165) is 31.4 Å². The molecule has 1 aromatic carbocycles. The van der Waals surface area contributed by atoms with Gasteiger partial charge >= 0.3 is 5.97 Å². The fourth-order valence-electron chi connectivity index (χ4n) is 4.35. The highest BCUT2D eigenvalue weighted by atomic mass is 35.5. The van der Waals surface area contributed by atoms with Gasteiger partial charge < -0.3 is 10.1 Å². The smallest absolute Gasteiger partial charge is 0.336 e. The minimum absolute atomic E-state index is 0.0357. The van der Waals surface area contributed by atoms with Gasteiger partial charge in [-0.05, 0) is 42.9 Å². The predicted octanol–water partition coefficient (Wildman–Crippen LogP) is 6.33. The second-order valence-corrected chi connectivity index (χ2v) is 9.78. The standard InChI is InChI=1S/C24H29Cl2NO3/c1-5-6-7-10-30-23(29)20-14(2)27-18-12-24(3,4)13-19(28)22(18)21(20)16-9-8-15(25)11-17(16)26/h8-9,11,21,27H,5-7,10,12-13H2,1-4H3/t21-/m0/s1. The summed E-state index contributed by atoms with van der Waals surface area (Å²) in [5, 5.41) is 4.28. The first-order valence-corrected chi connectivity index (χ1v) is 11.3. The van der Waals surface area contributed by atoms with E-state index in [1.165, 1.54) is 0 Å². The van der Waals surface area contributed by atoms with Crippen molar-refractivity contribution < 1.29 is 14.3 Å². The Hall–Kier alpha value is -1.78. The zero-order chi connectivity index (χ0) is 22.1. The minimum Gasteiger partial charge on any atom is -0.462 e. The molecule has 3 rings (SSSR count). The van der Waals surface area contributed by atoms with E-state index >= 15 is 0 Å². The number of unbranched alkanes of at least 4 members (excludes halogenated alkanes) is 2. The quantitative estimate of drug-likeness (QED) is 0.407. The van der Waals surface area contributed by atoms with Crippen LogP contribution in [0, 0.1) is 5.41 Å². The van der Waals surface area contributed by atoms with Crippen molar-refractivity contribution in [1.82, 2.24) is 5.32 Å². The van der Waals surface area contributed by atoms with E-state index in [2.05, 4.69) is 26.1 Å². The highest BCUT2D eigenvalue weighted by Crippen LogP contribution is 2.48. The predicted molar refractivity (Wildman–Crippen MR) is 121 cm³/mol. The van der Waals surface area contributed by atoms with Gasteiger partial charge in [-0.15, -0.1) is 0 Å². The zero-order valence-electron chi connectivity index (χ0n) is 18.0. The number of ketones is 1. The lowest BCUT2D eigenvalue weighted by Crippen LogP contribution is -2.38. The highest BCUT2D eigenvalue weighted by molar-refractivity contribution is 6.35. The highest BCUT2D eigenvalue weighted by Gasteiger charge is 2.43. The number of hydrogen-bond donors (Lipinski definition) is 1. The minimum atomic E-state index is -0.562. The molecule has 4 nitrogen and oxygen atoms in total. The lowest BCUT2D eigenvalue weighted by Gasteiger charge is -2.39. The molecule has 1 N–H and O–H groups in total. The van der Waals surface area contributed by atoms with E-state index in [4.69, 9.17) is 27.9 Å². The Morgan fingerprint density at radius 2 is 1.97 bits per heavy atom. The number of hydrogen-bond acceptors (Lipinski definition) is 4. The van der Waals surface area contributed by atoms with Crippen molar-refractivity contribution in [1.29, 1.82) is 0 Å². The molecule has 1 aliphatic heterocycles. The number of Topliss-reactive ketones (excluding diaryl/α,β-unsaturated/α-hetero) is 1. The first-order chi connectivity index (χ1) is 14.1. The largest absolute Gasteiger partial charge is 0.462 e. The van der Waals surface area contributed by atoms with Crippen LogP contribution in [0.5, 0.6) is 0 Å². The van der Waals surface area contributed by atoms with Gasteiger partial charge in [-0.3, -0.25) is 4.79 Å². The summed E-state index contributed by atoms with van der Waals surface area (Å²) in [6.45, 7) is 8.48. The van der Waals surface area contributed by atoms with Crippen LogP contribution in [0.3, 0.4) is 0 Å². The second-order valence-electron chi connectivity index (χ2n) is 8.94. The summed E-state index contributed by atoms with van der Waals surface area (Å²) in [7, 11) is 0. The molecule has 6 heteroatoms. The van der Waals surface area contributed by atoms with Crippen LogP contribution in [0.15, 0.2) is 40.7 Å². The molecule has 0 bridgehead atoms. The van der Waals surface area contributed by atoms with Gasteiger partial charge in [0.15, 0.2) is 5.78 Å². The molecule has 1 aliphatic carbocycles. The fraction of sp³-hybridized carbons (Fsp3) is 0.500. The molecule has 162 valence electrons. The van der Waals surface area contributed by atoms with Crippen molar-refractivity contribution in [2.75, 3.05) is 6.61 Å². The average Bonchev–Trinajstić information content (AvgIpc) is 2.63. The molecule has 30 heavy (non-hydrogen) atoms. The van der Waals surface area contributed by atoms with Crippen molar-refractivity contribution in [3.8, 4) is 0 Å². The molecule has 2 aliphatic rings. The van der Waals surface area contributed by atoms with Gasteiger partial charge in [0, 0.05) is 39.4 Å². The molecule has 0 fully saturated rings. The SMILES string of the molecule is CCCCCOC(=O)C1=C(C)NC2=C(C(=O)CC(C)(C)C2)[C@H]1c1ccc(Cl)cc1Cl. The Labute approximate surface area is 188 Å². The Kier molecular flexibility index (Phi) is 6.98. The molecular weight excluding hydrogens is 421 g/mol. The molecule has 1 heterocycles. The van der Waals surface area contributed by atoms with Crippen LogP contribution in [-0.2, 0) is 14.3 Å². The van der Waals surface area contributed by atoms with Crippen molar-refractivity contribution >= 4 is 35.0 Å². The summed E-state index contributed by atoms with van der Waals surface area (Å²) in [4.78, 5) is 26.4. The van der Waals surface area contributed by atoms with Crippen molar-refractivity contribution in [3.63, 3.8) is 0 Å². The third-order valence-corrected chi connectivity index (χ3v) is 6.28. The maximum absolute atomic E-state index is 13.2. The number of rotatable bonds is 6. The Morgan fingerprint density at radius 3 is 2.63 bits per heavy atom. The summed E-state index contributed by atoms with van der Waals surface area (Å²) in [6, 6.07) is 5.19. The molecular formula is C24H29Cl2NO3. The number of benzene rings is 1. The average molecular weight is 450 g/mol. The van der Waals surface area contributed by atoms with Crippen molar-refractivity contribution in [3.05, 3.63) is 56.3 Å². The topological polar surface area (TPSA) is 55.4 Å². The van der Waals surface area contributed by atoms with Gasteiger partial charge in [0.05, 0.1) is 12.2 Å². The summed E-state index contributed by atoms with van der Waals surface area (Å²) < 4.78 is 5.59. The van der Waals surface area contributed by atoms with E-state index in [9.17, 15) is 9.59 Å². The number of ether oxygens (including phenoxy) is 1. The number of halogens is 2. The zero-order valence-corrected chi connectivity index (χ0v) is 19.5. The number of dihydropyridines is 1. The van der Waals surface area contributed by atoms with Crippen molar-refractivity contribution in [2.45, 2.75) is 65.7 Å². The summed E-state index contributed by atoms with van der Waals surface area (Å²) in [6.07, 6.45) is 4.01. The summed E-state index contributed by atoms with van der Waals surface area (Å²) in [5.41, 5.74) is 3.19. The van der Waals surface area contributed by atoms with Crippen LogP contribution in [0.4, 0.5) is 0 Å². The van der Waals surface area contributed by atoms with Crippen LogP contribution >= 0.6 is 23.2 Å². The van der Waals surface area contributed by atoms with Crippen LogP contribution in [0.1, 0.15) is 71.3 Å². The number of allylic oxidation sites excluding steroid dienone is 3. The van der Waals surface area contributed by atoms with Crippen LogP contribution in [-0.4, -0.2) is 18.4 Å². The van der Waals surface area contributed by atoms with Crippen LogP contribution in [0.2, 0.25) is 10.0 Å². The molecule has 0 radical (unpaired) electrons. The molecule has 0 aromatic heterocycles. The number of carbonyl (C=O) groups excluding carboxylic acids is 2. The maximum atomic E-state index is 13.2. The van der Waals surface area contributed by atoms with Crippen LogP contribution < -0.4 is 5.32 Å². The third-order valence-electron chi connectivity index (χ3n) is 5.71. The number of esters is 1. The molecule has 0 saturated heterocycles. The van der Waals surface area contributed by atoms with E-state index in [1.807, 2.05) is 6.92 Å². The van der Waals surface area contributed by atoms with Gasteiger partial charge in [-0.2, -0.15) is 0 Å². The van der Waals surface area contributed by atoms with Gasteiger partial charge in [-0.1, -0.05) is 62.9 Å². The van der Waals surface area contributed by atoms with E-state index in [-0.39, 0.29) is 11.2 Å². The summed E-state index contributed by atoms with van der Waals surface area (Å²) >= 11 is 12.7. The van der Waals surface area contributed by atoms with Gasteiger partial charge in [0.2, 0.25) is 0 Å². The second kappa shape index (κ2) is 9.15. The van der Waals surface area contributed by atoms with Gasteiger partial charge in [0.25, 0.3) is 0 Å². The summed E-state index contributed by atoms with van der Waals surface area (Å²) in [5.74, 6) is -0.932. The van der Waals surface area contributed by atoms with Gasteiger partial charge in [0.1, 0.15) is 0 Å². The number of nitrogens with one attached hydrogen (secondary N) is 1. The first kappa shape index (κ1) is 22.9. The molecule has 0 amide bonds. The normalized spacial score (nSPS) is 20.7. The third kappa shape index (κ3) is 4.76. The monoisotopic (exact) mass is 449 g/mol. The number of carbonyl (C=O) groups is 2. The Balaban J connectivity index is 2.07. The first-order valence-electron chi connectivity index (χ1n) is 10.5. The molecule has 0 saturated carbocycles. The van der Waals surface area contributed by atoms with Gasteiger partial charge in [-0.25, -0.2) is 4.79 Å². The Bertz CT molecular complexity index is 930. The molecule has 1 aromatic rings. The fourth-order valence-corrected chi connectivity index (χ4v) is 4.87. The molecule has 0 spiro atoms. The Morgan fingerprint density at radius 1 is 1.23 bits per heavy atom. The molecule has 0 unspecified atom stereocenters. The lowest BCUT2D eigenvalue weighted by atomic mass is 9.68. The van der Waals surface area contributed by atoms with E-state index < -0.39 is 11.9 Å². The van der Waals surface area contributed by atoms with Crippen molar-refractivity contribution in [2.24, 2.45) is 5.41 Å².